The van der Waals surface area contributed by atoms with Crippen molar-refractivity contribution in [3.63, 3.8) is 0 Å². The average molecular weight is 328 g/mol. The number of hydrogen-bond donors (Lipinski definition) is 1. The zero-order valence-electron chi connectivity index (χ0n) is 13.9. The standard InChI is InChI=1S/C18H24N4O2/c23-18(20-7-1-2-9-21-11-13-24-14-12-21)16-3-5-17(6-4-16)22-10-8-19-15-22/h3-6,8,10,15H,1-2,7,9,11-14H2,(H,20,23). The van der Waals surface area contributed by atoms with Crippen molar-refractivity contribution in [3.8, 4) is 5.69 Å². The van der Waals surface area contributed by atoms with Gasteiger partial charge in [0.25, 0.3) is 5.91 Å². The van der Waals surface area contributed by atoms with E-state index in [0.29, 0.717) is 12.1 Å². The number of nitrogens with one attached hydrogen (secondary N) is 1. The molecule has 0 atom stereocenters. The molecule has 0 radical (unpaired) electrons. The number of morpholine rings is 1. The first-order valence-corrected chi connectivity index (χ1v) is 8.49. The zero-order valence-corrected chi connectivity index (χ0v) is 13.9. The van der Waals surface area contributed by atoms with Gasteiger partial charge < -0.3 is 14.6 Å². The second-order valence-corrected chi connectivity index (χ2v) is 5.93. The number of unbranched alkanes of at least 4 members (excludes halogenated alkanes) is 1. The highest BCUT2D eigenvalue weighted by Crippen LogP contribution is 2.09. The van der Waals surface area contributed by atoms with Crippen LogP contribution >= 0.6 is 0 Å². The third-order valence-corrected chi connectivity index (χ3v) is 4.22. The van der Waals surface area contributed by atoms with Crippen molar-refractivity contribution >= 4 is 5.91 Å². The molecule has 1 N–H and O–H groups in total. The molecule has 0 saturated carbocycles. The molecule has 6 nitrogen and oxygen atoms in total. The van der Waals surface area contributed by atoms with Gasteiger partial charge in [0.15, 0.2) is 0 Å². The molecule has 0 bridgehead atoms. The fourth-order valence-corrected chi connectivity index (χ4v) is 2.79. The van der Waals surface area contributed by atoms with Crippen LogP contribution in [0.5, 0.6) is 0 Å². The van der Waals surface area contributed by atoms with Gasteiger partial charge in [0.05, 0.1) is 19.5 Å². The van der Waals surface area contributed by atoms with Crippen molar-refractivity contribution in [2.45, 2.75) is 12.8 Å². The van der Waals surface area contributed by atoms with Gasteiger partial charge in [-0.1, -0.05) is 0 Å². The number of nitrogens with zero attached hydrogens (tertiary/aromatic N) is 3. The molecule has 2 heterocycles. The lowest BCUT2D eigenvalue weighted by molar-refractivity contribution is 0.0372. The van der Waals surface area contributed by atoms with Gasteiger partial charge in [-0.3, -0.25) is 9.69 Å². The number of amides is 1. The first-order chi connectivity index (χ1) is 11.8. The van der Waals surface area contributed by atoms with E-state index >= 15 is 0 Å². The van der Waals surface area contributed by atoms with Crippen molar-refractivity contribution in [2.24, 2.45) is 0 Å². The van der Waals surface area contributed by atoms with E-state index in [-0.39, 0.29) is 5.91 Å². The van der Waals surface area contributed by atoms with Crippen molar-refractivity contribution < 1.29 is 9.53 Å². The molecule has 0 unspecified atom stereocenters. The van der Waals surface area contributed by atoms with Crippen LogP contribution in [0, 0.1) is 0 Å². The Morgan fingerprint density at radius 2 is 1.96 bits per heavy atom. The predicted molar refractivity (Wildman–Crippen MR) is 92.4 cm³/mol. The molecule has 1 aromatic carbocycles. The largest absolute Gasteiger partial charge is 0.379 e. The summed E-state index contributed by atoms with van der Waals surface area (Å²) in [7, 11) is 0. The number of carbonyl (C=O) groups excluding carboxylic acids is 1. The van der Waals surface area contributed by atoms with Crippen LogP contribution in [-0.2, 0) is 4.74 Å². The number of ether oxygens (including phenoxy) is 1. The minimum absolute atomic E-state index is 0.0152. The Morgan fingerprint density at radius 1 is 1.17 bits per heavy atom. The predicted octanol–water partition coefficient (Wildman–Crippen LogP) is 1.71. The second kappa shape index (κ2) is 8.61. The monoisotopic (exact) mass is 328 g/mol. The minimum atomic E-state index is -0.0152. The molecular formula is C18H24N4O2. The Balaban J connectivity index is 1.37. The van der Waals surface area contributed by atoms with Gasteiger partial charge in [0, 0.05) is 43.3 Å². The van der Waals surface area contributed by atoms with Crippen LogP contribution in [0.4, 0.5) is 0 Å². The Labute approximate surface area is 142 Å². The summed E-state index contributed by atoms with van der Waals surface area (Å²) in [5.74, 6) is -0.0152. The van der Waals surface area contributed by atoms with E-state index in [4.69, 9.17) is 4.74 Å². The van der Waals surface area contributed by atoms with Crippen molar-refractivity contribution in [1.82, 2.24) is 19.8 Å². The number of imidazole rings is 1. The molecule has 128 valence electrons. The average Bonchev–Trinajstić information content (AvgIpc) is 3.17. The summed E-state index contributed by atoms with van der Waals surface area (Å²) < 4.78 is 7.25. The van der Waals surface area contributed by atoms with Gasteiger partial charge in [0.1, 0.15) is 0 Å². The van der Waals surface area contributed by atoms with E-state index in [0.717, 1.165) is 51.4 Å². The maximum Gasteiger partial charge on any atom is 0.251 e. The SMILES string of the molecule is O=C(NCCCCN1CCOCC1)c1ccc(-n2ccnc2)cc1. The third-order valence-electron chi connectivity index (χ3n) is 4.22. The summed E-state index contributed by atoms with van der Waals surface area (Å²) in [4.78, 5) is 18.6. The fraction of sp³-hybridized carbons (Fsp3) is 0.444. The van der Waals surface area contributed by atoms with Crippen LogP contribution in [0.2, 0.25) is 0 Å². The smallest absolute Gasteiger partial charge is 0.251 e. The van der Waals surface area contributed by atoms with E-state index in [2.05, 4.69) is 15.2 Å². The van der Waals surface area contributed by atoms with Crippen LogP contribution in [0.3, 0.4) is 0 Å². The maximum atomic E-state index is 12.2. The van der Waals surface area contributed by atoms with E-state index in [1.807, 2.05) is 35.0 Å². The Hall–Kier alpha value is -2.18. The highest BCUT2D eigenvalue weighted by atomic mass is 16.5. The first kappa shape index (κ1) is 16.7. The molecule has 0 spiro atoms. The molecule has 1 aliphatic heterocycles. The molecule has 0 aliphatic carbocycles. The van der Waals surface area contributed by atoms with Gasteiger partial charge in [-0.2, -0.15) is 0 Å². The van der Waals surface area contributed by atoms with Crippen LogP contribution in [-0.4, -0.2) is 59.8 Å². The number of rotatable bonds is 7. The Kier molecular flexibility index (Phi) is 5.98. The summed E-state index contributed by atoms with van der Waals surface area (Å²) in [6.45, 7) is 5.52. The third kappa shape index (κ3) is 4.66. The highest BCUT2D eigenvalue weighted by Gasteiger charge is 2.09. The molecule has 3 rings (SSSR count). The van der Waals surface area contributed by atoms with Gasteiger partial charge in [-0.25, -0.2) is 4.98 Å². The molecule has 1 fully saturated rings. The van der Waals surface area contributed by atoms with Gasteiger partial charge in [-0.15, -0.1) is 0 Å². The molecule has 1 aromatic heterocycles. The van der Waals surface area contributed by atoms with Gasteiger partial charge >= 0.3 is 0 Å². The molecule has 1 aliphatic rings. The van der Waals surface area contributed by atoms with E-state index in [1.54, 1.807) is 12.5 Å². The summed E-state index contributed by atoms with van der Waals surface area (Å²) in [5.41, 5.74) is 1.68. The number of carbonyl (C=O) groups is 1. The van der Waals surface area contributed by atoms with Crippen LogP contribution in [0.1, 0.15) is 23.2 Å². The Morgan fingerprint density at radius 3 is 2.67 bits per heavy atom. The fourth-order valence-electron chi connectivity index (χ4n) is 2.79. The first-order valence-electron chi connectivity index (χ1n) is 8.49. The Bertz CT molecular complexity index is 619. The highest BCUT2D eigenvalue weighted by molar-refractivity contribution is 5.94. The van der Waals surface area contributed by atoms with E-state index in [9.17, 15) is 4.79 Å². The summed E-state index contributed by atoms with van der Waals surface area (Å²) in [6.07, 6.45) is 7.45. The molecule has 1 saturated heterocycles. The molecule has 1 amide bonds. The number of hydrogen-bond acceptors (Lipinski definition) is 4. The summed E-state index contributed by atoms with van der Waals surface area (Å²) in [5, 5.41) is 2.99. The summed E-state index contributed by atoms with van der Waals surface area (Å²) >= 11 is 0. The van der Waals surface area contributed by atoms with E-state index < -0.39 is 0 Å². The van der Waals surface area contributed by atoms with E-state index in [1.165, 1.54) is 0 Å². The topological polar surface area (TPSA) is 59.4 Å². The van der Waals surface area contributed by atoms with Crippen LogP contribution in [0.25, 0.3) is 5.69 Å². The summed E-state index contributed by atoms with van der Waals surface area (Å²) in [6, 6.07) is 7.54. The number of benzene rings is 1. The minimum Gasteiger partial charge on any atom is -0.379 e. The van der Waals surface area contributed by atoms with Crippen LogP contribution in [0.15, 0.2) is 43.0 Å². The van der Waals surface area contributed by atoms with Crippen LogP contribution < -0.4 is 5.32 Å². The van der Waals surface area contributed by atoms with Crippen molar-refractivity contribution in [1.29, 1.82) is 0 Å². The zero-order chi connectivity index (χ0) is 16.6. The second-order valence-electron chi connectivity index (χ2n) is 5.93. The molecule has 6 heteroatoms. The van der Waals surface area contributed by atoms with Gasteiger partial charge in [0.2, 0.25) is 0 Å². The molecular weight excluding hydrogens is 304 g/mol. The van der Waals surface area contributed by atoms with Crippen molar-refractivity contribution in [2.75, 3.05) is 39.4 Å². The van der Waals surface area contributed by atoms with Crippen molar-refractivity contribution in [3.05, 3.63) is 48.5 Å². The lowest BCUT2D eigenvalue weighted by Crippen LogP contribution is -2.37. The normalized spacial score (nSPS) is 15.3. The lowest BCUT2D eigenvalue weighted by Gasteiger charge is -2.26. The number of aromatic nitrogens is 2. The lowest BCUT2D eigenvalue weighted by atomic mass is 10.2. The maximum absolute atomic E-state index is 12.2. The van der Waals surface area contributed by atoms with Gasteiger partial charge in [-0.05, 0) is 43.7 Å². The molecule has 24 heavy (non-hydrogen) atoms. The molecule has 2 aromatic rings. The quantitative estimate of drug-likeness (QED) is 0.786.